The van der Waals surface area contributed by atoms with Crippen LogP contribution in [-0.2, 0) is 17.4 Å². The van der Waals surface area contributed by atoms with Crippen molar-refractivity contribution in [2.24, 2.45) is 5.73 Å². The Balaban J connectivity index is 1.96. The quantitative estimate of drug-likeness (QED) is 0.911. The van der Waals surface area contributed by atoms with Gasteiger partial charge < -0.3 is 11.1 Å². The number of hydrogen-bond acceptors (Lipinski definition) is 2. The number of halogens is 3. The third kappa shape index (κ3) is 4.33. The van der Waals surface area contributed by atoms with Gasteiger partial charge in [-0.05, 0) is 36.2 Å². The fraction of sp³-hybridized carbons (Fsp3) is 0.188. The highest BCUT2D eigenvalue weighted by Gasteiger charge is 2.30. The third-order valence-corrected chi connectivity index (χ3v) is 3.11. The van der Waals surface area contributed by atoms with E-state index in [1.165, 1.54) is 12.1 Å². The summed E-state index contributed by atoms with van der Waals surface area (Å²) in [7, 11) is 0. The molecule has 0 aliphatic heterocycles. The summed E-state index contributed by atoms with van der Waals surface area (Å²) in [6.07, 6.45) is -4.04. The van der Waals surface area contributed by atoms with Gasteiger partial charge in [-0.2, -0.15) is 13.2 Å². The normalized spacial score (nSPS) is 12.7. The Bertz CT molecular complexity index is 624. The molecule has 3 N–H and O–H groups in total. The molecule has 116 valence electrons. The first-order valence-corrected chi connectivity index (χ1v) is 6.64. The molecular formula is C16H15F3N2O. The van der Waals surface area contributed by atoms with Crippen LogP contribution in [0.2, 0.25) is 0 Å². The topological polar surface area (TPSA) is 55.1 Å². The molecule has 3 nitrogen and oxygen atoms in total. The molecule has 2 aromatic carbocycles. The number of hydrogen-bond donors (Lipinski definition) is 2. The molecule has 2 rings (SSSR count). The van der Waals surface area contributed by atoms with Crippen LogP contribution in [0.1, 0.15) is 11.1 Å². The molecule has 0 heterocycles. The van der Waals surface area contributed by atoms with Crippen LogP contribution >= 0.6 is 0 Å². The molecule has 1 unspecified atom stereocenters. The lowest BCUT2D eigenvalue weighted by atomic mass is 10.1. The van der Waals surface area contributed by atoms with E-state index in [4.69, 9.17) is 5.73 Å². The van der Waals surface area contributed by atoms with Crippen molar-refractivity contribution in [1.82, 2.24) is 0 Å². The molecule has 0 saturated heterocycles. The second-order valence-electron chi connectivity index (χ2n) is 4.86. The van der Waals surface area contributed by atoms with E-state index in [-0.39, 0.29) is 5.69 Å². The second kappa shape index (κ2) is 6.62. The predicted molar refractivity (Wildman–Crippen MR) is 78.2 cm³/mol. The molecule has 0 aliphatic carbocycles. The van der Waals surface area contributed by atoms with Gasteiger partial charge in [0, 0.05) is 5.69 Å². The summed E-state index contributed by atoms with van der Waals surface area (Å²) >= 11 is 0. The van der Waals surface area contributed by atoms with Crippen LogP contribution in [-0.4, -0.2) is 11.9 Å². The molecule has 0 fully saturated rings. The summed E-state index contributed by atoms with van der Waals surface area (Å²) in [6, 6.07) is 12.7. The molecule has 0 aromatic heterocycles. The zero-order valence-corrected chi connectivity index (χ0v) is 11.6. The van der Waals surface area contributed by atoms with E-state index >= 15 is 0 Å². The summed E-state index contributed by atoms with van der Waals surface area (Å²) < 4.78 is 37.3. The number of nitrogens with two attached hydrogens (primary N) is 1. The van der Waals surface area contributed by atoms with Crippen LogP contribution in [0.5, 0.6) is 0 Å². The Labute approximate surface area is 125 Å². The van der Waals surface area contributed by atoms with Crippen LogP contribution in [0.4, 0.5) is 18.9 Å². The molecule has 22 heavy (non-hydrogen) atoms. The smallest absolute Gasteiger partial charge is 0.325 e. The molecule has 0 aliphatic rings. The third-order valence-electron chi connectivity index (χ3n) is 3.11. The number of alkyl halides is 3. The molecule has 2 aromatic rings. The van der Waals surface area contributed by atoms with E-state index in [0.29, 0.717) is 6.42 Å². The molecule has 1 atom stereocenters. The number of amides is 1. The number of rotatable bonds is 4. The summed E-state index contributed by atoms with van der Waals surface area (Å²) in [5.74, 6) is -0.441. The number of benzene rings is 2. The number of carbonyl (C=O) groups excluding carboxylic acids is 1. The van der Waals surface area contributed by atoms with Gasteiger partial charge in [-0.15, -0.1) is 0 Å². The van der Waals surface area contributed by atoms with Crippen LogP contribution in [0.15, 0.2) is 54.6 Å². The van der Waals surface area contributed by atoms with E-state index in [0.717, 1.165) is 17.7 Å². The molecule has 6 heteroatoms. The molecule has 0 spiro atoms. The zero-order chi connectivity index (χ0) is 16.2. The van der Waals surface area contributed by atoms with Gasteiger partial charge in [0.15, 0.2) is 0 Å². The standard InChI is InChI=1S/C16H15F3N2O/c17-16(18,19)12-6-8-13(9-7-12)21-15(22)14(20)10-11-4-2-1-3-5-11/h1-9,14H,10,20H2,(H,21,22). The molecule has 0 bridgehead atoms. The van der Waals surface area contributed by atoms with E-state index < -0.39 is 23.7 Å². The van der Waals surface area contributed by atoms with Crippen LogP contribution in [0.3, 0.4) is 0 Å². The fourth-order valence-electron chi connectivity index (χ4n) is 1.94. The van der Waals surface area contributed by atoms with Gasteiger partial charge in [-0.1, -0.05) is 30.3 Å². The first-order valence-electron chi connectivity index (χ1n) is 6.64. The van der Waals surface area contributed by atoms with E-state index in [1.54, 1.807) is 0 Å². The Morgan fingerprint density at radius 2 is 1.64 bits per heavy atom. The minimum absolute atomic E-state index is 0.279. The fourth-order valence-corrected chi connectivity index (χ4v) is 1.94. The highest BCUT2D eigenvalue weighted by atomic mass is 19.4. The van der Waals surface area contributed by atoms with Gasteiger partial charge >= 0.3 is 6.18 Å². The average Bonchev–Trinajstić information content (AvgIpc) is 2.48. The van der Waals surface area contributed by atoms with Crippen molar-refractivity contribution in [3.63, 3.8) is 0 Å². The van der Waals surface area contributed by atoms with Crippen LogP contribution in [0, 0.1) is 0 Å². The molecule has 1 amide bonds. The Morgan fingerprint density at radius 1 is 1.05 bits per heavy atom. The Morgan fingerprint density at radius 3 is 2.18 bits per heavy atom. The van der Waals surface area contributed by atoms with Crippen molar-refractivity contribution in [3.05, 3.63) is 65.7 Å². The second-order valence-corrected chi connectivity index (χ2v) is 4.86. The number of carbonyl (C=O) groups is 1. The zero-order valence-electron chi connectivity index (χ0n) is 11.6. The lowest BCUT2D eigenvalue weighted by molar-refractivity contribution is -0.137. The number of nitrogens with one attached hydrogen (secondary N) is 1. The Kier molecular flexibility index (Phi) is 4.82. The maximum atomic E-state index is 12.4. The van der Waals surface area contributed by atoms with Gasteiger partial charge in [-0.25, -0.2) is 0 Å². The SMILES string of the molecule is NC(Cc1ccccc1)C(=O)Nc1ccc(C(F)(F)F)cc1. The van der Waals surface area contributed by atoms with Crippen LogP contribution in [0.25, 0.3) is 0 Å². The molecular weight excluding hydrogens is 293 g/mol. The van der Waals surface area contributed by atoms with Crippen molar-refractivity contribution < 1.29 is 18.0 Å². The van der Waals surface area contributed by atoms with Gasteiger partial charge in [0.05, 0.1) is 11.6 Å². The monoisotopic (exact) mass is 308 g/mol. The first-order chi connectivity index (χ1) is 10.4. The maximum absolute atomic E-state index is 12.4. The van der Waals surface area contributed by atoms with Gasteiger partial charge in [0.25, 0.3) is 0 Å². The first kappa shape index (κ1) is 16.0. The van der Waals surface area contributed by atoms with Crippen molar-refractivity contribution in [1.29, 1.82) is 0 Å². The van der Waals surface area contributed by atoms with Crippen molar-refractivity contribution >= 4 is 11.6 Å². The minimum atomic E-state index is -4.40. The number of anilines is 1. The molecule has 0 radical (unpaired) electrons. The van der Waals surface area contributed by atoms with Gasteiger partial charge in [0.2, 0.25) is 5.91 Å². The average molecular weight is 308 g/mol. The van der Waals surface area contributed by atoms with E-state index in [1.807, 2.05) is 30.3 Å². The van der Waals surface area contributed by atoms with Crippen LogP contribution < -0.4 is 11.1 Å². The molecule has 0 saturated carbocycles. The largest absolute Gasteiger partial charge is 0.416 e. The van der Waals surface area contributed by atoms with Crippen molar-refractivity contribution in [2.45, 2.75) is 18.6 Å². The summed E-state index contributed by atoms with van der Waals surface area (Å²) in [5.41, 5.74) is 6.23. The minimum Gasteiger partial charge on any atom is -0.325 e. The summed E-state index contributed by atoms with van der Waals surface area (Å²) in [6.45, 7) is 0. The van der Waals surface area contributed by atoms with Crippen molar-refractivity contribution in [2.75, 3.05) is 5.32 Å². The lowest BCUT2D eigenvalue weighted by Gasteiger charge is -2.13. The summed E-state index contributed by atoms with van der Waals surface area (Å²) in [4.78, 5) is 11.9. The predicted octanol–water partition coefficient (Wildman–Crippen LogP) is 3.21. The van der Waals surface area contributed by atoms with E-state index in [9.17, 15) is 18.0 Å². The lowest BCUT2D eigenvalue weighted by Crippen LogP contribution is -2.37. The van der Waals surface area contributed by atoms with E-state index in [2.05, 4.69) is 5.32 Å². The maximum Gasteiger partial charge on any atom is 0.416 e. The Hall–Kier alpha value is -2.34. The highest BCUT2D eigenvalue weighted by Crippen LogP contribution is 2.29. The summed E-state index contributed by atoms with van der Waals surface area (Å²) in [5, 5.41) is 2.51. The van der Waals surface area contributed by atoms with Crippen molar-refractivity contribution in [3.8, 4) is 0 Å². The highest BCUT2D eigenvalue weighted by molar-refractivity contribution is 5.94. The van der Waals surface area contributed by atoms with Gasteiger partial charge in [0.1, 0.15) is 0 Å². The van der Waals surface area contributed by atoms with Gasteiger partial charge in [-0.3, -0.25) is 4.79 Å².